The molecule has 1 amide bonds. The van der Waals surface area contributed by atoms with E-state index in [1.165, 1.54) is 0 Å². The zero-order chi connectivity index (χ0) is 15.5. The standard InChI is InChI=1S/C15H22N4O2/c1-15(2,3)21-14(20)19-11(8-16)6-10-4-5-12-13(7-10)18-9-17-12/h4-5,7,9,11H,6,8,16H2,1-3H3,(H,17,18)(H,19,20). The zero-order valence-corrected chi connectivity index (χ0v) is 12.6. The molecule has 2 aromatic rings. The Kier molecular flexibility index (Phi) is 4.47. The SMILES string of the molecule is CC(C)(C)OC(=O)NC(CN)Cc1ccc2nc[nH]c2c1. The van der Waals surface area contributed by atoms with Crippen molar-refractivity contribution in [2.45, 2.75) is 38.8 Å². The Balaban J connectivity index is 1.99. The summed E-state index contributed by atoms with van der Waals surface area (Å²) in [5.41, 5.74) is 8.19. The van der Waals surface area contributed by atoms with Crippen molar-refractivity contribution in [1.29, 1.82) is 0 Å². The van der Waals surface area contributed by atoms with E-state index in [4.69, 9.17) is 10.5 Å². The fourth-order valence-corrected chi connectivity index (χ4v) is 2.06. The van der Waals surface area contributed by atoms with E-state index in [0.717, 1.165) is 16.6 Å². The largest absolute Gasteiger partial charge is 0.444 e. The first-order valence-corrected chi connectivity index (χ1v) is 6.99. The first kappa shape index (κ1) is 15.3. The lowest BCUT2D eigenvalue weighted by atomic mass is 10.1. The molecule has 0 aliphatic carbocycles. The molecule has 4 N–H and O–H groups in total. The molecule has 6 heteroatoms. The number of rotatable bonds is 4. The number of H-pyrrole nitrogens is 1. The van der Waals surface area contributed by atoms with Crippen LogP contribution in [0.4, 0.5) is 4.79 Å². The molecule has 114 valence electrons. The second kappa shape index (κ2) is 6.13. The number of imidazole rings is 1. The van der Waals surface area contributed by atoms with Gasteiger partial charge in [0, 0.05) is 12.6 Å². The Morgan fingerprint density at radius 3 is 2.90 bits per heavy atom. The van der Waals surface area contributed by atoms with Gasteiger partial charge in [0.05, 0.1) is 17.4 Å². The van der Waals surface area contributed by atoms with Crippen LogP contribution in [0.15, 0.2) is 24.5 Å². The van der Waals surface area contributed by atoms with Gasteiger partial charge >= 0.3 is 6.09 Å². The summed E-state index contributed by atoms with van der Waals surface area (Å²) >= 11 is 0. The summed E-state index contributed by atoms with van der Waals surface area (Å²) in [6.07, 6.45) is 1.86. The Morgan fingerprint density at radius 2 is 2.24 bits per heavy atom. The molecule has 0 aliphatic heterocycles. The number of aromatic amines is 1. The monoisotopic (exact) mass is 290 g/mol. The van der Waals surface area contributed by atoms with E-state index in [2.05, 4.69) is 15.3 Å². The molecule has 0 bridgehead atoms. The van der Waals surface area contributed by atoms with Gasteiger partial charge in [-0.15, -0.1) is 0 Å². The summed E-state index contributed by atoms with van der Waals surface area (Å²) in [6, 6.07) is 5.78. The van der Waals surface area contributed by atoms with E-state index < -0.39 is 11.7 Å². The normalized spacial score (nSPS) is 13.1. The third kappa shape index (κ3) is 4.46. The molecule has 0 saturated heterocycles. The zero-order valence-electron chi connectivity index (χ0n) is 12.6. The van der Waals surface area contributed by atoms with Crippen LogP contribution in [0.5, 0.6) is 0 Å². The number of ether oxygens (including phenoxy) is 1. The summed E-state index contributed by atoms with van der Waals surface area (Å²) in [5.74, 6) is 0. The van der Waals surface area contributed by atoms with Crippen LogP contribution < -0.4 is 11.1 Å². The molecule has 0 aliphatic rings. The third-order valence-corrected chi connectivity index (χ3v) is 2.97. The Morgan fingerprint density at radius 1 is 1.48 bits per heavy atom. The lowest BCUT2D eigenvalue weighted by Crippen LogP contribution is -2.44. The number of hydrogen-bond donors (Lipinski definition) is 3. The summed E-state index contributed by atoms with van der Waals surface area (Å²) in [5, 5.41) is 2.80. The predicted octanol–water partition coefficient (Wildman–Crippen LogP) is 1.96. The topological polar surface area (TPSA) is 93.0 Å². The summed E-state index contributed by atoms with van der Waals surface area (Å²) in [6.45, 7) is 5.84. The number of fused-ring (bicyclic) bond motifs is 1. The maximum absolute atomic E-state index is 11.8. The highest BCUT2D eigenvalue weighted by Crippen LogP contribution is 2.13. The maximum atomic E-state index is 11.8. The van der Waals surface area contributed by atoms with Gasteiger partial charge in [0.1, 0.15) is 5.60 Å². The lowest BCUT2D eigenvalue weighted by Gasteiger charge is -2.23. The van der Waals surface area contributed by atoms with Gasteiger partial charge < -0.3 is 20.8 Å². The van der Waals surface area contributed by atoms with Crippen LogP contribution in [0.25, 0.3) is 11.0 Å². The summed E-state index contributed by atoms with van der Waals surface area (Å²) in [4.78, 5) is 19.0. The van der Waals surface area contributed by atoms with Gasteiger partial charge in [-0.25, -0.2) is 9.78 Å². The number of benzene rings is 1. The van der Waals surface area contributed by atoms with Gasteiger partial charge in [-0.3, -0.25) is 0 Å². The van der Waals surface area contributed by atoms with E-state index in [-0.39, 0.29) is 6.04 Å². The number of carbonyl (C=O) groups is 1. The number of carbonyl (C=O) groups excluding carboxylic acids is 1. The average molecular weight is 290 g/mol. The molecule has 1 aromatic heterocycles. The van der Waals surface area contributed by atoms with Crippen molar-refractivity contribution in [2.75, 3.05) is 6.54 Å². The Labute approximate surface area is 124 Å². The van der Waals surface area contributed by atoms with E-state index in [0.29, 0.717) is 13.0 Å². The third-order valence-electron chi connectivity index (χ3n) is 2.97. The quantitative estimate of drug-likeness (QED) is 0.802. The van der Waals surface area contributed by atoms with Crippen molar-refractivity contribution in [2.24, 2.45) is 5.73 Å². The van der Waals surface area contributed by atoms with Crippen molar-refractivity contribution in [3.05, 3.63) is 30.1 Å². The smallest absolute Gasteiger partial charge is 0.407 e. The van der Waals surface area contributed by atoms with Gasteiger partial charge in [-0.05, 0) is 44.9 Å². The molecule has 0 fully saturated rings. The minimum Gasteiger partial charge on any atom is -0.444 e. The molecular weight excluding hydrogens is 268 g/mol. The molecule has 21 heavy (non-hydrogen) atoms. The van der Waals surface area contributed by atoms with Crippen LogP contribution in [0.2, 0.25) is 0 Å². The molecule has 0 radical (unpaired) electrons. The number of nitrogens with zero attached hydrogens (tertiary/aromatic N) is 1. The average Bonchev–Trinajstić information content (AvgIpc) is 2.83. The first-order chi connectivity index (χ1) is 9.87. The van der Waals surface area contributed by atoms with Crippen molar-refractivity contribution in [1.82, 2.24) is 15.3 Å². The number of hydrogen-bond acceptors (Lipinski definition) is 4. The molecule has 1 atom stereocenters. The second-order valence-corrected chi connectivity index (χ2v) is 6.04. The van der Waals surface area contributed by atoms with Crippen LogP contribution >= 0.6 is 0 Å². The fourth-order valence-electron chi connectivity index (χ4n) is 2.06. The molecule has 0 saturated carbocycles. The molecule has 1 aromatic carbocycles. The highest BCUT2D eigenvalue weighted by atomic mass is 16.6. The molecule has 0 spiro atoms. The minimum atomic E-state index is -0.516. The van der Waals surface area contributed by atoms with Gasteiger partial charge in [-0.1, -0.05) is 6.07 Å². The first-order valence-electron chi connectivity index (χ1n) is 6.99. The van der Waals surface area contributed by atoms with E-state index in [9.17, 15) is 4.79 Å². The molecule has 1 heterocycles. The van der Waals surface area contributed by atoms with Crippen LogP contribution in [-0.2, 0) is 11.2 Å². The Hall–Kier alpha value is -2.08. The van der Waals surface area contributed by atoms with Crippen LogP contribution in [0.3, 0.4) is 0 Å². The van der Waals surface area contributed by atoms with Crippen molar-refractivity contribution in [3.63, 3.8) is 0 Å². The van der Waals surface area contributed by atoms with E-state index in [1.54, 1.807) is 6.33 Å². The number of aromatic nitrogens is 2. The van der Waals surface area contributed by atoms with Crippen LogP contribution in [0.1, 0.15) is 26.3 Å². The van der Waals surface area contributed by atoms with Crippen molar-refractivity contribution >= 4 is 17.1 Å². The van der Waals surface area contributed by atoms with Crippen LogP contribution in [-0.4, -0.2) is 34.2 Å². The van der Waals surface area contributed by atoms with Crippen LogP contribution in [0, 0.1) is 0 Å². The lowest BCUT2D eigenvalue weighted by molar-refractivity contribution is 0.0506. The second-order valence-electron chi connectivity index (χ2n) is 6.04. The van der Waals surface area contributed by atoms with Gasteiger partial charge in [-0.2, -0.15) is 0 Å². The number of nitrogens with one attached hydrogen (secondary N) is 2. The Bertz CT molecular complexity index is 615. The maximum Gasteiger partial charge on any atom is 0.407 e. The predicted molar refractivity (Wildman–Crippen MR) is 82.0 cm³/mol. The van der Waals surface area contributed by atoms with Crippen molar-refractivity contribution < 1.29 is 9.53 Å². The molecule has 2 rings (SSSR count). The van der Waals surface area contributed by atoms with E-state index in [1.807, 2.05) is 39.0 Å². The summed E-state index contributed by atoms with van der Waals surface area (Å²) < 4.78 is 5.24. The number of nitrogens with two attached hydrogens (primary N) is 1. The van der Waals surface area contributed by atoms with Crippen molar-refractivity contribution in [3.8, 4) is 0 Å². The molecule has 1 unspecified atom stereocenters. The molecule has 6 nitrogen and oxygen atoms in total. The minimum absolute atomic E-state index is 0.166. The highest BCUT2D eigenvalue weighted by Gasteiger charge is 2.19. The highest BCUT2D eigenvalue weighted by molar-refractivity contribution is 5.75. The van der Waals surface area contributed by atoms with Gasteiger partial charge in [0.15, 0.2) is 0 Å². The van der Waals surface area contributed by atoms with Gasteiger partial charge in [0.2, 0.25) is 0 Å². The fraction of sp³-hybridized carbons (Fsp3) is 0.467. The summed E-state index contributed by atoms with van der Waals surface area (Å²) in [7, 11) is 0. The molecular formula is C15H22N4O2. The van der Waals surface area contributed by atoms with Gasteiger partial charge in [0.25, 0.3) is 0 Å². The van der Waals surface area contributed by atoms with E-state index >= 15 is 0 Å². The number of alkyl carbamates (subject to hydrolysis) is 1. The number of amides is 1.